The molecule has 3 aromatic rings. The van der Waals surface area contributed by atoms with Gasteiger partial charge in [-0.2, -0.15) is 9.29 Å². The predicted octanol–water partition coefficient (Wildman–Crippen LogP) is 3.36. The molecule has 0 atom stereocenters. The van der Waals surface area contributed by atoms with Crippen LogP contribution in [0.3, 0.4) is 0 Å². The first-order chi connectivity index (χ1) is 14.3. The molecule has 0 saturated heterocycles. The summed E-state index contributed by atoms with van der Waals surface area (Å²) in [4.78, 5) is 18.9. The van der Waals surface area contributed by atoms with Crippen molar-refractivity contribution in [1.82, 2.24) is 19.4 Å². The second-order valence-corrected chi connectivity index (χ2v) is 8.96. The Morgan fingerprint density at radius 3 is 2.40 bits per heavy atom. The lowest BCUT2D eigenvalue weighted by atomic mass is 10.2. The number of nitrogens with zero attached hydrogens (tertiary/aromatic N) is 5. The maximum absolute atomic E-state index is 12.5. The molecule has 3 rings (SSSR count). The highest BCUT2D eigenvalue weighted by molar-refractivity contribution is 7.98. The minimum absolute atomic E-state index is 0.0180. The van der Waals surface area contributed by atoms with Crippen molar-refractivity contribution in [2.24, 2.45) is 0 Å². The lowest BCUT2D eigenvalue weighted by Gasteiger charge is -2.18. The van der Waals surface area contributed by atoms with Crippen LogP contribution in [-0.4, -0.2) is 45.9 Å². The third-order valence-electron chi connectivity index (χ3n) is 4.20. The Bertz CT molecular complexity index is 1110. The van der Waals surface area contributed by atoms with Crippen molar-refractivity contribution < 1.29 is 17.9 Å². The van der Waals surface area contributed by atoms with E-state index in [0.29, 0.717) is 41.1 Å². The standard InChI is InChI=1S/C18H19N5O5S2/c1-3-22(4-2)30(26,27)15-9-10-17(19-11-15)29-12-16-20-18(21-28-16)13-5-7-14(8-6-13)23(24)25/h5-11H,3-4,12H2,1-2H3. The first-order valence-corrected chi connectivity index (χ1v) is 11.4. The number of non-ortho nitro benzene ring substituents is 1. The topological polar surface area (TPSA) is 132 Å². The molecule has 0 radical (unpaired) electrons. The summed E-state index contributed by atoms with van der Waals surface area (Å²) in [5.41, 5.74) is 0.584. The molecule has 12 heteroatoms. The van der Waals surface area contributed by atoms with Crippen molar-refractivity contribution in [2.45, 2.75) is 29.5 Å². The van der Waals surface area contributed by atoms with Crippen LogP contribution in [0.2, 0.25) is 0 Å². The van der Waals surface area contributed by atoms with Gasteiger partial charge in [0, 0.05) is 37.0 Å². The number of thioether (sulfide) groups is 1. The number of hydrogen-bond acceptors (Lipinski definition) is 9. The predicted molar refractivity (Wildman–Crippen MR) is 110 cm³/mol. The molecule has 10 nitrogen and oxygen atoms in total. The highest BCUT2D eigenvalue weighted by Gasteiger charge is 2.21. The first-order valence-electron chi connectivity index (χ1n) is 9.01. The van der Waals surface area contributed by atoms with E-state index in [0.717, 1.165) is 0 Å². The maximum atomic E-state index is 12.5. The average Bonchev–Trinajstić information content (AvgIpc) is 3.22. The monoisotopic (exact) mass is 449 g/mol. The summed E-state index contributed by atoms with van der Waals surface area (Å²) >= 11 is 1.32. The summed E-state index contributed by atoms with van der Waals surface area (Å²) in [5.74, 6) is 1.03. The lowest BCUT2D eigenvalue weighted by molar-refractivity contribution is -0.384. The van der Waals surface area contributed by atoms with Crippen molar-refractivity contribution in [1.29, 1.82) is 0 Å². The zero-order chi connectivity index (χ0) is 21.7. The van der Waals surface area contributed by atoms with Gasteiger partial charge in [0.15, 0.2) is 0 Å². The van der Waals surface area contributed by atoms with Gasteiger partial charge in [0.05, 0.1) is 15.7 Å². The summed E-state index contributed by atoms with van der Waals surface area (Å²) in [6, 6.07) is 9.01. The molecule has 1 aromatic carbocycles. The van der Waals surface area contributed by atoms with Gasteiger partial charge in [-0.3, -0.25) is 10.1 Å². The van der Waals surface area contributed by atoms with Crippen LogP contribution in [-0.2, 0) is 15.8 Å². The molecule has 30 heavy (non-hydrogen) atoms. The summed E-state index contributed by atoms with van der Waals surface area (Å²) in [6.45, 7) is 4.36. The fourth-order valence-electron chi connectivity index (χ4n) is 2.62. The van der Waals surface area contributed by atoms with Crippen LogP contribution in [0.5, 0.6) is 0 Å². The molecule has 2 heterocycles. The Morgan fingerprint density at radius 2 is 1.83 bits per heavy atom. The number of sulfonamides is 1. The molecule has 0 aliphatic heterocycles. The van der Waals surface area contributed by atoms with Gasteiger partial charge >= 0.3 is 0 Å². The molecule has 0 aliphatic carbocycles. The highest BCUT2D eigenvalue weighted by Crippen LogP contribution is 2.24. The van der Waals surface area contributed by atoms with Gasteiger partial charge in [-0.05, 0) is 24.3 Å². The zero-order valence-corrected chi connectivity index (χ0v) is 17.9. The van der Waals surface area contributed by atoms with E-state index in [4.69, 9.17) is 4.52 Å². The van der Waals surface area contributed by atoms with Crippen LogP contribution in [0.1, 0.15) is 19.7 Å². The molecule has 0 amide bonds. The fraction of sp³-hybridized carbons (Fsp3) is 0.278. The van der Waals surface area contributed by atoms with E-state index in [-0.39, 0.29) is 10.6 Å². The van der Waals surface area contributed by atoms with E-state index >= 15 is 0 Å². The zero-order valence-electron chi connectivity index (χ0n) is 16.3. The minimum atomic E-state index is -3.54. The normalized spacial score (nSPS) is 11.7. The van der Waals surface area contributed by atoms with Gasteiger partial charge in [0.2, 0.25) is 21.7 Å². The van der Waals surface area contributed by atoms with E-state index in [9.17, 15) is 18.5 Å². The Morgan fingerprint density at radius 1 is 1.13 bits per heavy atom. The Hall–Kier alpha value is -2.83. The van der Waals surface area contributed by atoms with Gasteiger partial charge in [-0.15, -0.1) is 0 Å². The largest absolute Gasteiger partial charge is 0.338 e. The van der Waals surface area contributed by atoms with Crippen molar-refractivity contribution in [2.75, 3.05) is 13.1 Å². The minimum Gasteiger partial charge on any atom is -0.338 e. The second-order valence-electron chi connectivity index (χ2n) is 6.03. The van der Waals surface area contributed by atoms with Gasteiger partial charge < -0.3 is 4.52 Å². The van der Waals surface area contributed by atoms with Crippen LogP contribution in [0.25, 0.3) is 11.4 Å². The number of nitro groups is 1. The molecule has 2 aromatic heterocycles. The van der Waals surface area contributed by atoms with E-state index in [2.05, 4.69) is 15.1 Å². The number of rotatable bonds is 9. The fourth-order valence-corrected chi connectivity index (χ4v) is 4.70. The Balaban J connectivity index is 1.64. The second kappa shape index (κ2) is 9.32. The molecule has 158 valence electrons. The van der Waals surface area contributed by atoms with Crippen LogP contribution in [0.4, 0.5) is 5.69 Å². The van der Waals surface area contributed by atoms with E-state index < -0.39 is 14.9 Å². The number of nitro benzene ring substituents is 1. The molecule has 0 unspecified atom stereocenters. The Kier molecular flexibility index (Phi) is 6.80. The van der Waals surface area contributed by atoms with Crippen LogP contribution in [0, 0.1) is 10.1 Å². The summed E-state index contributed by atoms with van der Waals surface area (Å²) in [7, 11) is -3.54. The molecule has 0 bridgehead atoms. The quantitative estimate of drug-likeness (QED) is 0.274. The van der Waals surface area contributed by atoms with E-state index in [1.165, 1.54) is 40.5 Å². The molecule has 0 spiro atoms. The van der Waals surface area contributed by atoms with Crippen LogP contribution in [0.15, 0.2) is 57.0 Å². The smallest absolute Gasteiger partial charge is 0.269 e. The SMILES string of the molecule is CCN(CC)S(=O)(=O)c1ccc(SCc2nc(-c3ccc([N+](=O)[O-])cc3)no2)nc1. The molecule has 0 saturated carbocycles. The highest BCUT2D eigenvalue weighted by atomic mass is 32.2. The van der Waals surface area contributed by atoms with Crippen molar-refractivity contribution >= 4 is 27.5 Å². The van der Waals surface area contributed by atoms with Gasteiger partial charge in [0.1, 0.15) is 4.90 Å². The van der Waals surface area contributed by atoms with Gasteiger partial charge in [-0.25, -0.2) is 13.4 Å². The Labute approximate surface area is 177 Å². The summed E-state index contributed by atoms with van der Waals surface area (Å²) < 4.78 is 31.6. The number of aromatic nitrogens is 3. The number of hydrogen-bond donors (Lipinski definition) is 0. The van der Waals surface area contributed by atoms with Crippen molar-refractivity contribution in [3.8, 4) is 11.4 Å². The van der Waals surface area contributed by atoms with Crippen molar-refractivity contribution in [3.63, 3.8) is 0 Å². The van der Waals surface area contributed by atoms with Crippen LogP contribution < -0.4 is 0 Å². The van der Waals surface area contributed by atoms with Gasteiger partial charge in [-0.1, -0.05) is 30.8 Å². The summed E-state index contributed by atoms with van der Waals surface area (Å²) in [6.07, 6.45) is 1.34. The van der Waals surface area contributed by atoms with Crippen molar-refractivity contribution in [3.05, 3.63) is 58.6 Å². The molecule has 0 N–H and O–H groups in total. The molecule has 0 fully saturated rings. The molecular weight excluding hydrogens is 430 g/mol. The van der Waals surface area contributed by atoms with Gasteiger partial charge in [0.25, 0.3) is 5.69 Å². The molecule has 0 aliphatic rings. The summed E-state index contributed by atoms with van der Waals surface area (Å²) in [5, 5.41) is 15.2. The first kappa shape index (κ1) is 21.9. The van der Waals surface area contributed by atoms with E-state index in [1.807, 2.05) is 0 Å². The molecular formula is C18H19N5O5S2. The van der Waals surface area contributed by atoms with Crippen LogP contribution >= 0.6 is 11.8 Å². The lowest BCUT2D eigenvalue weighted by Crippen LogP contribution is -2.30. The third kappa shape index (κ3) is 4.83. The maximum Gasteiger partial charge on any atom is 0.269 e. The van der Waals surface area contributed by atoms with E-state index in [1.54, 1.807) is 32.0 Å². The third-order valence-corrected chi connectivity index (χ3v) is 7.16. The number of benzene rings is 1. The number of pyridine rings is 1. The average molecular weight is 450 g/mol.